The quantitative estimate of drug-likeness (QED) is 0.519. The maximum atomic E-state index is 12.7. The number of nitro groups is 1. The van der Waals surface area contributed by atoms with Crippen molar-refractivity contribution in [1.82, 2.24) is 9.88 Å². The smallest absolute Gasteiger partial charge is 0.417 e. The van der Waals surface area contributed by atoms with Crippen LogP contribution in [0.4, 0.5) is 24.7 Å². The number of rotatable bonds is 5. The Morgan fingerprint density at radius 3 is 2.37 bits per heavy atom. The van der Waals surface area contributed by atoms with Crippen LogP contribution in [-0.4, -0.2) is 53.5 Å². The summed E-state index contributed by atoms with van der Waals surface area (Å²) >= 11 is 5.97. The Kier molecular flexibility index (Phi) is 6.30. The van der Waals surface area contributed by atoms with Gasteiger partial charge in [-0.3, -0.25) is 14.9 Å². The molecular formula is C18H16ClF3N4O4. The van der Waals surface area contributed by atoms with Crippen molar-refractivity contribution < 1.29 is 27.6 Å². The van der Waals surface area contributed by atoms with Crippen LogP contribution in [0.1, 0.15) is 5.56 Å². The topological polar surface area (TPSA) is 88.8 Å². The number of aromatic nitrogens is 1. The largest absolute Gasteiger partial charge is 0.484 e. The number of alkyl halides is 3. The van der Waals surface area contributed by atoms with E-state index in [-0.39, 0.29) is 29.0 Å². The molecule has 1 fully saturated rings. The zero-order chi connectivity index (χ0) is 21.9. The minimum atomic E-state index is -4.52. The van der Waals surface area contributed by atoms with Gasteiger partial charge in [0.25, 0.3) is 11.6 Å². The van der Waals surface area contributed by atoms with Gasteiger partial charge < -0.3 is 14.5 Å². The van der Waals surface area contributed by atoms with Crippen LogP contribution < -0.4 is 9.64 Å². The molecule has 3 rings (SSSR count). The summed E-state index contributed by atoms with van der Waals surface area (Å²) in [6.07, 6.45) is -3.79. The summed E-state index contributed by atoms with van der Waals surface area (Å²) < 4.78 is 43.6. The standard InChI is InChI=1S/C18H16ClF3N4O4/c19-15-9-12(18(20,21)22)10-23-17(15)25-7-5-24(6-8-25)16(27)11-30-14-3-1-13(2-4-14)26(28)29/h1-4,9-10H,5-8,11H2. The Hall–Kier alpha value is -3.08. The number of nitro benzene ring substituents is 1. The molecule has 0 spiro atoms. The molecule has 0 radical (unpaired) electrons. The molecular weight excluding hydrogens is 429 g/mol. The summed E-state index contributed by atoms with van der Waals surface area (Å²) in [6, 6.07) is 6.20. The van der Waals surface area contributed by atoms with Crippen molar-refractivity contribution in [3.05, 3.63) is 57.2 Å². The Morgan fingerprint density at radius 2 is 1.83 bits per heavy atom. The first kappa shape index (κ1) is 21.6. The van der Waals surface area contributed by atoms with E-state index in [1.54, 1.807) is 9.80 Å². The first-order valence-electron chi connectivity index (χ1n) is 8.78. The molecule has 12 heteroatoms. The lowest BCUT2D eigenvalue weighted by Gasteiger charge is -2.35. The monoisotopic (exact) mass is 444 g/mol. The van der Waals surface area contributed by atoms with Gasteiger partial charge in [0.15, 0.2) is 6.61 Å². The lowest BCUT2D eigenvalue weighted by molar-refractivity contribution is -0.384. The summed E-state index contributed by atoms with van der Waals surface area (Å²) in [6.45, 7) is 1.10. The van der Waals surface area contributed by atoms with Crippen LogP contribution >= 0.6 is 11.6 Å². The van der Waals surface area contributed by atoms with Gasteiger partial charge in [0.1, 0.15) is 11.6 Å². The number of carbonyl (C=O) groups is 1. The molecule has 1 saturated heterocycles. The van der Waals surface area contributed by atoms with Crippen LogP contribution in [0.3, 0.4) is 0 Å². The Labute approximate surface area is 174 Å². The van der Waals surface area contributed by atoms with E-state index in [9.17, 15) is 28.1 Å². The van der Waals surface area contributed by atoms with Crippen LogP contribution in [0.15, 0.2) is 36.5 Å². The average molecular weight is 445 g/mol. The van der Waals surface area contributed by atoms with Gasteiger partial charge in [-0.1, -0.05) is 11.6 Å². The van der Waals surface area contributed by atoms with Crippen molar-refractivity contribution in [2.24, 2.45) is 0 Å². The van der Waals surface area contributed by atoms with Gasteiger partial charge in [-0.05, 0) is 18.2 Å². The van der Waals surface area contributed by atoms with Crippen LogP contribution in [0.25, 0.3) is 0 Å². The van der Waals surface area contributed by atoms with Crippen molar-refractivity contribution in [3.8, 4) is 5.75 Å². The summed E-state index contributed by atoms with van der Waals surface area (Å²) in [4.78, 5) is 29.5. The van der Waals surface area contributed by atoms with Gasteiger partial charge in [-0.2, -0.15) is 13.2 Å². The molecule has 0 N–H and O–H groups in total. The van der Waals surface area contributed by atoms with Crippen LogP contribution in [0.2, 0.25) is 5.02 Å². The van der Waals surface area contributed by atoms with Gasteiger partial charge >= 0.3 is 6.18 Å². The molecule has 1 aromatic heterocycles. The molecule has 160 valence electrons. The molecule has 1 aliphatic rings. The number of pyridine rings is 1. The van der Waals surface area contributed by atoms with Gasteiger partial charge in [0.2, 0.25) is 0 Å². The first-order valence-corrected chi connectivity index (χ1v) is 9.15. The molecule has 0 saturated carbocycles. The summed E-state index contributed by atoms with van der Waals surface area (Å²) in [5.74, 6) is 0.284. The van der Waals surface area contributed by atoms with Crippen LogP contribution in [-0.2, 0) is 11.0 Å². The van der Waals surface area contributed by atoms with Crippen molar-refractivity contribution in [2.45, 2.75) is 6.18 Å². The van der Waals surface area contributed by atoms with Gasteiger partial charge in [-0.15, -0.1) is 0 Å². The number of non-ortho nitro benzene ring substituents is 1. The second kappa shape index (κ2) is 8.74. The zero-order valence-electron chi connectivity index (χ0n) is 15.4. The van der Waals surface area contributed by atoms with E-state index in [1.807, 2.05) is 0 Å². The van der Waals surface area contributed by atoms with Gasteiger partial charge in [0.05, 0.1) is 15.5 Å². The van der Waals surface area contributed by atoms with E-state index in [0.717, 1.165) is 12.3 Å². The van der Waals surface area contributed by atoms with Crippen molar-refractivity contribution >= 4 is 29.0 Å². The number of halogens is 4. The number of ether oxygens (including phenoxy) is 1. The lowest BCUT2D eigenvalue weighted by Crippen LogP contribution is -2.50. The number of benzene rings is 1. The van der Waals surface area contributed by atoms with E-state index < -0.39 is 16.7 Å². The highest BCUT2D eigenvalue weighted by Crippen LogP contribution is 2.33. The highest BCUT2D eigenvalue weighted by molar-refractivity contribution is 6.33. The third-order valence-electron chi connectivity index (χ3n) is 4.49. The summed E-state index contributed by atoms with van der Waals surface area (Å²) in [5, 5.41) is 10.5. The number of anilines is 1. The second-order valence-electron chi connectivity index (χ2n) is 6.43. The Morgan fingerprint density at radius 1 is 1.20 bits per heavy atom. The first-order chi connectivity index (χ1) is 14.1. The third kappa shape index (κ3) is 5.09. The van der Waals surface area contributed by atoms with Crippen molar-refractivity contribution in [1.29, 1.82) is 0 Å². The predicted octanol–water partition coefficient (Wildman–Crippen LogP) is 3.39. The summed E-state index contributed by atoms with van der Waals surface area (Å²) in [7, 11) is 0. The van der Waals surface area contributed by atoms with Gasteiger partial charge in [-0.25, -0.2) is 4.98 Å². The van der Waals surface area contributed by atoms with Crippen molar-refractivity contribution in [3.63, 3.8) is 0 Å². The summed E-state index contributed by atoms with van der Waals surface area (Å²) in [5.41, 5.74) is -1.01. The number of piperazine rings is 1. The maximum Gasteiger partial charge on any atom is 0.417 e. The fourth-order valence-corrected chi connectivity index (χ4v) is 3.17. The van der Waals surface area contributed by atoms with Crippen LogP contribution in [0.5, 0.6) is 5.75 Å². The maximum absolute atomic E-state index is 12.7. The van der Waals surface area contributed by atoms with E-state index in [1.165, 1.54) is 24.3 Å². The van der Waals surface area contributed by atoms with Gasteiger partial charge in [0, 0.05) is 44.5 Å². The fraction of sp³-hybridized carbons (Fsp3) is 0.333. The Balaban J connectivity index is 1.52. The molecule has 0 unspecified atom stereocenters. The SMILES string of the molecule is O=C(COc1ccc([N+](=O)[O-])cc1)N1CCN(c2ncc(C(F)(F)F)cc2Cl)CC1. The third-order valence-corrected chi connectivity index (χ3v) is 4.77. The molecule has 30 heavy (non-hydrogen) atoms. The predicted molar refractivity (Wildman–Crippen MR) is 102 cm³/mol. The van der Waals surface area contributed by atoms with E-state index in [0.29, 0.717) is 31.9 Å². The number of hydrogen-bond donors (Lipinski definition) is 0. The van der Waals surface area contributed by atoms with E-state index >= 15 is 0 Å². The lowest BCUT2D eigenvalue weighted by atomic mass is 10.2. The molecule has 8 nitrogen and oxygen atoms in total. The Bertz CT molecular complexity index is 932. The zero-order valence-corrected chi connectivity index (χ0v) is 16.2. The average Bonchev–Trinajstić information content (AvgIpc) is 2.71. The second-order valence-corrected chi connectivity index (χ2v) is 6.84. The number of carbonyl (C=O) groups excluding carboxylic acids is 1. The molecule has 1 amide bonds. The number of amides is 1. The van der Waals surface area contributed by atoms with E-state index in [2.05, 4.69) is 4.98 Å². The molecule has 0 aliphatic carbocycles. The van der Waals surface area contributed by atoms with Crippen LogP contribution in [0, 0.1) is 10.1 Å². The van der Waals surface area contributed by atoms with Crippen molar-refractivity contribution in [2.75, 3.05) is 37.7 Å². The molecule has 1 aromatic carbocycles. The fourth-order valence-electron chi connectivity index (χ4n) is 2.89. The molecule has 0 bridgehead atoms. The molecule has 1 aliphatic heterocycles. The minimum Gasteiger partial charge on any atom is -0.484 e. The molecule has 2 heterocycles. The van der Waals surface area contributed by atoms with E-state index in [4.69, 9.17) is 16.3 Å². The minimum absolute atomic E-state index is 0.0830. The molecule has 0 atom stereocenters. The normalized spacial score (nSPS) is 14.5. The number of nitrogens with zero attached hydrogens (tertiary/aromatic N) is 4. The number of hydrogen-bond acceptors (Lipinski definition) is 6. The highest BCUT2D eigenvalue weighted by atomic mass is 35.5. The molecule has 2 aromatic rings. The highest BCUT2D eigenvalue weighted by Gasteiger charge is 2.32.